The Balaban J connectivity index is 1.52. The van der Waals surface area contributed by atoms with Crippen molar-refractivity contribution in [1.29, 1.82) is 5.26 Å². The van der Waals surface area contributed by atoms with Crippen LogP contribution in [0.5, 0.6) is 5.75 Å². The van der Waals surface area contributed by atoms with Crippen molar-refractivity contribution < 1.29 is 13.9 Å². The van der Waals surface area contributed by atoms with Crippen molar-refractivity contribution in [3.05, 3.63) is 54.0 Å². The number of nitrogens with one attached hydrogen (secondary N) is 1. The SMILES string of the molecule is N#Cc1cccc(OCC(=O)NCC(c2ccco2)N2CCCC2)c1. The second-order valence-corrected chi connectivity index (χ2v) is 6.01. The number of amides is 1. The molecule has 1 aromatic heterocycles. The van der Waals surface area contributed by atoms with Gasteiger partial charge in [0, 0.05) is 6.54 Å². The van der Waals surface area contributed by atoms with Crippen molar-refractivity contribution in [3.63, 3.8) is 0 Å². The van der Waals surface area contributed by atoms with Crippen LogP contribution < -0.4 is 10.1 Å². The summed E-state index contributed by atoms with van der Waals surface area (Å²) in [5, 5.41) is 11.8. The molecule has 0 aliphatic carbocycles. The van der Waals surface area contributed by atoms with Crippen LogP contribution in [0.15, 0.2) is 47.1 Å². The summed E-state index contributed by atoms with van der Waals surface area (Å²) in [5.74, 6) is 1.18. The molecule has 1 aliphatic rings. The molecule has 1 fully saturated rings. The van der Waals surface area contributed by atoms with Crippen LogP contribution in [-0.2, 0) is 4.79 Å². The first-order valence-electron chi connectivity index (χ1n) is 8.43. The van der Waals surface area contributed by atoms with E-state index in [0.29, 0.717) is 17.9 Å². The predicted molar refractivity (Wildman–Crippen MR) is 91.9 cm³/mol. The second-order valence-electron chi connectivity index (χ2n) is 6.01. The Labute approximate surface area is 147 Å². The number of hydrogen-bond donors (Lipinski definition) is 1. The van der Waals surface area contributed by atoms with Crippen LogP contribution in [0.25, 0.3) is 0 Å². The van der Waals surface area contributed by atoms with Gasteiger partial charge in [0.05, 0.1) is 23.9 Å². The number of benzene rings is 1. The fourth-order valence-electron chi connectivity index (χ4n) is 3.01. The van der Waals surface area contributed by atoms with E-state index in [4.69, 9.17) is 14.4 Å². The van der Waals surface area contributed by atoms with Crippen molar-refractivity contribution in [2.24, 2.45) is 0 Å². The minimum Gasteiger partial charge on any atom is -0.484 e. The first-order chi connectivity index (χ1) is 12.3. The molecule has 1 atom stereocenters. The maximum Gasteiger partial charge on any atom is 0.258 e. The predicted octanol–water partition coefficient (Wildman–Crippen LogP) is 2.48. The molecule has 25 heavy (non-hydrogen) atoms. The monoisotopic (exact) mass is 339 g/mol. The van der Waals surface area contributed by atoms with Crippen LogP contribution >= 0.6 is 0 Å². The molecular weight excluding hydrogens is 318 g/mol. The van der Waals surface area contributed by atoms with Gasteiger partial charge in [0.2, 0.25) is 0 Å². The van der Waals surface area contributed by atoms with Gasteiger partial charge >= 0.3 is 0 Å². The van der Waals surface area contributed by atoms with E-state index in [1.165, 1.54) is 12.8 Å². The van der Waals surface area contributed by atoms with Crippen LogP contribution in [0, 0.1) is 11.3 Å². The molecule has 6 nitrogen and oxygen atoms in total. The topological polar surface area (TPSA) is 78.5 Å². The molecule has 6 heteroatoms. The van der Waals surface area contributed by atoms with Gasteiger partial charge in [-0.25, -0.2) is 0 Å². The largest absolute Gasteiger partial charge is 0.484 e. The third-order valence-corrected chi connectivity index (χ3v) is 4.28. The van der Waals surface area contributed by atoms with E-state index in [1.54, 1.807) is 30.5 Å². The molecule has 0 bridgehead atoms. The quantitative estimate of drug-likeness (QED) is 0.838. The maximum atomic E-state index is 12.1. The molecule has 0 spiro atoms. The van der Waals surface area contributed by atoms with E-state index in [2.05, 4.69) is 10.2 Å². The molecular formula is C19H21N3O3. The van der Waals surface area contributed by atoms with E-state index in [9.17, 15) is 4.79 Å². The fraction of sp³-hybridized carbons (Fsp3) is 0.368. The first kappa shape index (κ1) is 17.1. The summed E-state index contributed by atoms with van der Waals surface area (Å²) in [5.41, 5.74) is 0.504. The van der Waals surface area contributed by atoms with E-state index in [0.717, 1.165) is 18.8 Å². The number of nitriles is 1. The summed E-state index contributed by atoms with van der Waals surface area (Å²) >= 11 is 0. The number of hydrogen-bond acceptors (Lipinski definition) is 5. The normalized spacial score (nSPS) is 15.5. The zero-order valence-electron chi connectivity index (χ0n) is 14.0. The van der Waals surface area contributed by atoms with E-state index in [1.807, 2.05) is 18.2 Å². The lowest BCUT2D eigenvalue weighted by Crippen LogP contribution is -2.38. The lowest BCUT2D eigenvalue weighted by atomic mass is 10.2. The van der Waals surface area contributed by atoms with Gasteiger partial charge in [0.1, 0.15) is 11.5 Å². The van der Waals surface area contributed by atoms with E-state index >= 15 is 0 Å². The molecule has 1 saturated heterocycles. The molecule has 0 radical (unpaired) electrons. The summed E-state index contributed by atoms with van der Waals surface area (Å²) in [4.78, 5) is 14.4. The highest BCUT2D eigenvalue weighted by atomic mass is 16.5. The van der Waals surface area contributed by atoms with Crippen molar-refractivity contribution in [1.82, 2.24) is 10.2 Å². The zero-order valence-corrected chi connectivity index (χ0v) is 14.0. The first-order valence-corrected chi connectivity index (χ1v) is 8.43. The number of rotatable bonds is 7. The van der Waals surface area contributed by atoms with Crippen molar-refractivity contribution in [2.75, 3.05) is 26.2 Å². The minimum atomic E-state index is -0.196. The van der Waals surface area contributed by atoms with E-state index in [-0.39, 0.29) is 18.6 Å². The summed E-state index contributed by atoms with van der Waals surface area (Å²) in [6.07, 6.45) is 4.00. The molecule has 3 rings (SSSR count). The molecule has 1 amide bonds. The highest BCUT2D eigenvalue weighted by Crippen LogP contribution is 2.24. The van der Waals surface area contributed by atoms with Gasteiger partial charge in [-0.2, -0.15) is 5.26 Å². The Bertz CT molecular complexity index is 731. The van der Waals surface area contributed by atoms with Crippen LogP contribution in [0.4, 0.5) is 0 Å². The smallest absolute Gasteiger partial charge is 0.258 e. The highest BCUT2D eigenvalue weighted by Gasteiger charge is 2.25. The Hall–Kier alpha value is -2.78. The van der Waals surface area contributed by atoms with Gasteiger partial charge in [-0.05, 0) is 56.3 Å². The Morgan fingerprint density at radius 3 is 2.88 bits per heavy atom. The van der Waals surface area contributed by atoms with Crippen LogP contribution in [0.2, 0.25) is 0 Å². The molecule has 2 aromatic rings. The summed E-state index contributed by atoms with van der Waals surface area (Å²) in [6.45, 7) is 2.42. The number of furan rings is 1. The molecule has 0 saturated carbocycles. The number of carbonyl (C=O) groups is 1. The van der Waals surface area contributed by atoms with Crippen molar-refractivity contribution >= 4 is 5.91 Å². The highest BCUT2D eigenvalue weighted by molar-refractivity contribution is 5.77. The van der Waals surface area contributed by atoms with Gasteiger partial charge in [0.25, 0.3) is 5.91 Å². The van der Waals surface area contributed by atoms with Crippen LogP contribution in [0.1, 0.15) is 30.2 Å². The number of nitrogens with zero attached hydrogens (tertiary/aromatic N) is 2. The fourth-order valence-corrected chi connectivity index (χ4v) is 3.01. The molecule has 1 N–H and O–H groups in total. The standard InChI is InChI=1S/C19H21N3O3/c20-12-15-5-3-6-16(11-15)25-14-19(23)21-13-17(18-7-4-10-24-18)22-8-1-2-9-22/h3-7,10-11,17H,1-2,8-9,13-14H2,(H,21,23). The lowest BCUT2D eigenvalue weighted by molar-refractivity contribution is -0.123. The number of ether oxygens (including phenoxy) is 1. The second kappa shape index (κ2) is 8.36. The summed E-state index contributed by atoms with van der Waals surface area (Å²) in [7, 11) is 0. The summed E-state index contributed by atoms with van der Waals surface area (Å²) < 4.78 is 11.0. The number of carbonyl (C=O) groups excluding carboxylic acids is 1. The van der Waals surface area contributed by atoms with Gasteiger partial charge < -0.3 is 14.5 Å². The van der Waals surface area contributed by atoms with Crippen LogP contribution in [-0.4, -0.2) is 37.0 Å². The third-order valence-electron chi connectivity index (χ3n) is 4.28. The van der Waals surface area contributed by atoms with Crippen molar-refractivity contribution in [3.8, 4) is 11.8 Å². The molecule has 1 unspecified atom stereocenters. The Kier molecular flexibility index (Phi) is 5.70. The maximum absolute atomic E-state index is 12.1. The summed E-state index contributed by atoms with van der Waals surface area (Å²) in [6, 6.07) is 12.7. The van der Waals surface area contributed by atoms with Crippen molar-refractivity contribution in [2.45, 2.75) is 18.9 Å². The average Bonchev–Trinajstić information content (AvgIpc) is 3.35. The molecule has 130 valence electrons. The number of likely N-dealkylation sites (tertiary alicyclic amines) is 1. The molecule has 2 heterocycles. The van der Waals surface area contributed by atoms with Gasteiger partial charge in [-0.1, -0.05) is 6.07 Å². The minimum absolute atomic E-state index is 0.0448. The molecule has 1 aromatic carbocycles. The van der Waals surface area contributed by atoms with Crippen LogP contribution in [0.3, 0.4) is 0 Å². The lowest BCUT2D eigenvalue weighted by Gasteiger charge is -2.26. The van der Waals surface area contributed by atoms with Gasteiger partial charge in [-0.15, -0.1) is 0 Å². The zero-order chi connectivity index (χ0) is 17.5. The Morgan fingerprint density at radius 1 is 1.32 bits per heavy atom. The van der Waals surface area contributed by atoms with Gasteiger partial charge in [-0.3, -0.25) is 9.69 Å². The molecule has 1 aliphatic heterocycles. The third kappa shape index (κ3) is 4.61. The van der Waals surface area contributed by atoms with Gasteiger partial charge in [0.15, 0.2) is 6.61 Å². The van der Waals surface area contributed by atoms with E-state index < -0.39 is 0 Å². The average molecular weight is 339 g/mol. The Morgan fingerprint density at radius 2 is 2.16 bits per heavy atom.